The number of carbonyl (C=O) groups excluding carboxylic acids is 1. The smallest absolute Gasteiger partial charge is 0.239 e. The zero-order valence-corrected chi connectivity index (χ0v) is 17.6. The number of hydrogen-bond acceptors (Lipinski definition) is 3. The first kappa shape index (κ1) is 19.9. The molecule has 0 spiro atoms. The Hall–Kier alpha value is -2.41. The van der Waals surface area contributed by atoms with Crippen LogP contribution in [0.2, 0.25) is 5.02 Å². The highest BCUT2D eigenvalue weighted by Crippen LogP contribution is 2.35. The number of anilines is 1. The van der Waals surface area contributed by atoms with Crippen LogP contribution < -0.4 is 5.32 Å². The van der Waals surface area contributed by atoms with Crippen molar-refractivity contribution in [3.63, 3.8) is 0 Å². The summed E-state index contributed by atoms with van der Waals surface area (Å²) in [6.45, 7) is -0.247. The van der Waals surface area contributed by atoms with E-state index in [1.807, 2.05) is 24.3 Å². The van der Waals surface area contributed by atoms with Gasteiger partial charge in [0.05, 0.1) is 12.8 Å². The number of hydrogen-bond donors (Lipinski definition) is 1. The van der Waals surface area contributed by atoms with E-state index in [1.165, 1.54) is 16.5 Å². The number of sulfonamides is 1. The van der Waals surface area contributed by atoms with Gasteiger partial charge in [-0.1, -0.05) is 54.1 Å². The molecular weight excluding hydrogens is 408 g/mol. The van der Waals surface area contributed by atoms with Crippen LogP contribution in [0.15, 0.2) is 54.6 Å². The first-order chi connectivity index (χ1) is 13.8. The summed E-state index contributed by atoms with van der Waals surface area (Å²) in [5, 5.41) is 5.54. The maximum absolute atomic E-state index is 12.7. The molecule has 7 heteroatoms. The summed E-state index contributed by atoms with van der Waals surface area (Å²) in [5.41, 5.74) is 3.91. The van der Waals surface area contributed by atoms with E-state index in [-0.39, 0.29) is 19.0 Å². The molecule has 0 saturated carbocycles. The second-order valence-corrected chi connectivity index (χ2v) is 9.67. The van der Waals surface area contributed by atoms with Gasteiger partial charge in [-0.3, -0.25) is 4.79 Å². The summed E-state index contributed by atoms with van der Waals surface area (Å²) in [5.74, 6) is -0.388. The van der Waals surface area contributed by atoms with E-state index >= 15 is 0 Å². The van der Waals surface area contributed by atoms with E-state index in [1.54, 1.807) is 24.3 Å². The molecule has 0 atom stereocenters. The first-order valence-corrected chi connectivity index (χ1v) is 11.6. The molecule has 0 radical (unpaired) electrons. The number of nitrogens with one attached hydrogen (secondary N) is 1. The highest BCUT2D eigenvalue weighted by molar-refractivity contribution is 7.88. The van der Waals surface area contributed by atoms with Crippen molar-refractivity contribution in [2.45, 2.75) is 19.4 Å². The van der Waals surface area contributed by atoms with Gasteiger partial charge in [-0.2, -0.15) is 4.31 Å². The molecule has 5 nitrogen and oxygen atoms in total. The van der Waals surface area contributed by atoms with Crippen molar-refractivity contribution in [2.75, 3.05) is 18.1 Å². The zero-order chi connectivity index (χ0) is 20.6. The number of aryl methyl sites for hydroxylation is 2. The molecule has 0 aromatic heterocycles. The van der Waals surface area contributed by atoms with Crippen molar-refractivity contribution in [3.8, 4) is 0 Å². The van der Waals surface area contributed by atoms with Gasteiger partial charge in [-0.15, -0.1) is 0 Å². The van der Waals surface area contributed by atoms with Gasteiger partial charge in [-0.25, -0.2) is 8.42 Å². The molecule has 0 bridgehead atoms. The maximum atomic E-state index is 12.7. The average molecular weight is 429 g/mol. The summed E-state index contributed by atoms with van der Waals surface area (Å²) in [6.07, 6.45) is 3.10. The summed E-state index contributed by atoms with van der Waals surface area (Å²) in [7, 11) is -3.60. The number of amides is 1. The second kappa shape index (κ2) is 7.78. The Morgan fingerprint density at radius 1 is 1.03 bits per heavy atom. The SMILES string of the molecule is CS(=O)(=O)N(CC(=O)Nc1ccc2c3c(cccc13)CC2)Cc1ccccc1Cl. The van der Waals surface area contributed by atoms with Crippen LogP contribution in [-0.4, -0.2) is 31.4 Å². The minimum atomic E-state index is -3.60. The molecule has 3 aromatic carbocycles. The van der Waals surface area contributed by atoms with Gasteiger partial charge in [0.25, 0.3) is 0 Å². The number of carbonyl (C=O) groups is 1. The summed E-state index contributed by atoms with van der Waals surface area (Å²) in [4.78, 5) is 12.7. The van der Waals surface area contributed by atoms with E-state index in [0.29, 0.717) is 16.3 Å². The van der Waals surface area contributed by atoms with E-state index in [9.17, 15) is 13.2 Å². The lowest BCUT2D eigenvalue weighted by atomic mass is 10.0. The minimum absolute atomic E-state index is 0.0375. The summed E-state index contributed by atoms with van der Waals surface area (Å²) >= 11 is 6.16. The molecule has 0 unspecified atom stereocenters. The van der Waals surface area contributed by atoms with Gasteiger partial charge >= 0.3 is 0 Å². The molecule has 0 saturated heterocycles. The quantitative estimate of drug-likeness (QED) is 0.645. The molecule has 4 rings (SSSR count). The van der Waals surface area contributed by atoms with Crippen LogP contribution >= 0.6 is 11.6 Å². The van der Waals surface area contributed by atoms with Crippen molar-refractivity contribution in [2.24, 2.45) is 0 Å². The highest BCUT2D eigenvalue weighted by Gasteiger charge is 2.22. The van der Waals surface area contributed by atoms with Crippen molar-refractivity contribution < 1.29 is 13.2 Å². The molecule has 0 fully saturated rings. The van der Waals surface area contributed by atoms with Gasteiger partial charge in [0.2, 0.25) is 15.9 Å². The Balaban J connectivity index is 1.57. The Bertz CT molecular complexity index is 1200. The predicted molar refractivity (Wildman–Crippen MR) is 117 cm³/mol. The lowest BCUT2D eigenvalue weighted by molar-refractivity contribution is -0.116. The second-order valence-electron chi connectivity index (χ2n) is 7.28. The number of halogens is 1. The third-order valence-corrected chi connectivity index (χ3v) is 6.81. The molecule has 3 aromatic rings. The van der Waals surface area contributed by atoms with Gasteiger partial charge in [0.15, 0.2) is 0 Å². The fraction of sp³-hybridized carbons (Fsp3) is 0.227. The molecule has 1 amide bonds. The standard InChI is InChI=1S/C22H21ClN2O3S/c1-29(27,28)25(13-17-5-2-3-8-19(17)23)14-21(26)24-20-12-11-16-10-9-15-6-4-7-18(20)22(15)16/h2-8,11-12H,9-10,13-14H2,1H3,(H,24,26). The van der Waals surface area contributed by atoms with Crippen molar-refractivity contribution >= 4 is 44.0 Å². The van der Waals surface area contributed by atoms with Crippen LogP contribution in [0.3, 0.4) is 0 Å². The average Bonchev–Trinajstić information content (AvgIpc) is 3.09. The minimum Gasteiger partial charge on any atom is -0.324 e. The van der Waals surface area contributed by atoms with E-state index < -0.39 is 10.0 Å². The molecule has 150 valence electrons. The van der Waals surface area contributed by atoms with Crippen LogP contribution in [-0.2, 0) is 34.2 Å². The van der Waals surface area contributed by atoms with E-state index in [4.69, 9.17) is 11.6 Å². The third kappa shape index (κ3) is 4.15. The van der Waals surface area contributed by atoms with Crippen molar-refractivity contribution in [1.82, 2.24) is 4.31 Å². The number of benzene rings is 3. The van der Waals surface area contributed by atoms with E-state index in [2.05, 4.69) is 11.4 Å². The predicted octanol–water partition coefficient (Wildman–Crippen LogP) is 3.99. The van der Waals surface area contributed by atoms with E-state index in [0.717, 1.165) is 28.8 Å². The molecule has 0 aliphatic heterocycles. The molecule has 29 heavy (non-hydrogen) atoms. The Kier molecular flexibility index (Phi) is 5.34. The maximum Gasteiger partial charge on any atom is 0.239 e. The largest absolute Gasteiger partial charge is 0.324 e. The highest BCUT2D eigenvalue weighted by atomic mass is 35.5. The Morgan fingerprint density at radius 3 is 2.48 bits per heavy atom. The molecule has 1 N–H and O–H groups in total. The van der Waals surface area contributed by atoms with Gasteiger partial charge in [0, 0.05) is 22.6 Å². The van der Waals surface area contributed by atoms with Crippen LogP contribution in [0.5, 0.6) is 0 Å². The fourth-order valence-corrected chi connectivity index (χ4v) is 4.73. The Labute approximate surface area is 175 Å². The molecule has 0 heterocycles. The molecular formula is C22H21ClN2O3S. The van der Waals surface area contributed by atoms with Crippen LogP contribution in [0.1, 0.15) is 16.7 Å². The molecule has 1 aliphatic rings. The lowest BCUT2D eigenvalue weighted by Gasteiger charge is -2.20. The number of rotatable bonds is 6. The fourth-order valence-electron chi connectivity index (χ4n) is 3.81. The zero-order valence-electron chi connectivity index (χ0n) is 16.0. The third-order valence-electron chi connectivity index (χ3n) is 5.24. The summed E-state index contributed by atoms with van der Waals surface area (Å²) in [6, 6.07) is 17.0. The normalized spacial score (nSPS) is 13.2. The summed E-state index contributed by atoms with van der Waals surface area (Å²) < 4.78 is 25.6. The first-order valence-electron chi connectivity index (χ1n) is 9.35. The Morgan fingerprint density at radius 2 is 1.76 bits per heavy atom. The van der Waals surface area contributed by atoms with Crippen LogP contribution in [0.25, 0.3) is 10.8 Å². The van der Waals surface area contributed by atoms with Crippen molar-refractivity contribution in [3.05, 3.63) is 76.3 Å². The van der Waals surface area contributed by atoms with Crippen LogP contribution in [0.4, 0.5) is 5.69 Å². The molecule has 1 aliphatic carbocycles. The van der Waals surface area contributed by atoms with Gasteiger partial charge in [0.1, 0.15) is 0 Å². The van der Waals surface area contributed by atoms with Gasteiger partial charge < -0.3 is 5.32 Å². The monoisotopic (exact) mass is 428 g/mol. The van der Waals surface area contributed by atoms with Crippen molar-refractivity contribution in [1.29, 1.82) is 0 Å². The number of nitrogens with zero attached hydrogens (tertiary/aromatic N) is 1. The topological polar surface area (TPSA) is 66.5 Å². The van der Waals surface area contributed by atoms with Crippen LogP contribution in [0, 0.1) is 0 Å². The van der Waals surface area contributed by atoms with Gasteiger partial charge in [-0.05, 0) is 47.1 Å². The lowest BCUT2D eigenvalue weighted by Crippen LogP contribution is -2.37.